The van der Waals surface area contributed by atoms with Crippen LogP contribution in [0.1, 0.15) is 12.8 Å². The number of rotatable bonds is 3. The van der Waals surface area contributed by atoms with Crippen molar-refractivity contribution >= 4 is 34.9 Å². The fraction of sp³-hybridized carbons (Fsp3) is 0.556. The van der Waals surface area contributed by atoms with Crippen LogP contribution in [0.25, 0.3) is 0 Å². The molecule has 0 aromatic heterocycles. The number of thioether (sulfide) groups is 1. The molecule has 3 atom stereocenters. The van der Waals surface area contributed by atoms with E-state index in [0.29, 0.717) is 6.42 Å². The van der Waals surface area contributed by atoms with Gasteiger partial charge in [0.1, 0.15) is 6.04 Å². The van der Waals surface area contributed by atoms with Gasteiger partial charge in [-0.3, -0.25) is 4.79 Å². The molecular formula is C9H11NO2S2. The van der Waals surface area contributed by atoms with Crippen LogP contribution in [0.15, 0.2) is 12.7 Å². The van der Waals surface area contributed by atoms with Gasteiger partial charge in [-0.15, -0.1) is 18.3 Å². The molecule has 2 saturated heterocycles. The summed E-state index contributed by atoms with van der Waals surface area (Å²) in [5.41, 5.74) is 0. The van der Waals surface area contributed by atoms with Crippen molar-refractivity contribution in [2.75, 3.05) is 0 Å². The molecule has 2 unspecified atom stereocenters. The molecule has 14 heavy (non-hydrogen) atoms. The van der Waals surface area contributed by atoms with E-state index in [1.54, 1.807) is 22.7 Å². The second-order valence-corrected chi connectivity index (χ2v) is 5.28. The van der Waals surface area contributed by atoms with Gasteiger partial charge in [-0.25, -0.2) is 0 Å². The lowest BCUT2D eigenvalue weighted by atomic mass is 10.1. The highest BCUT2D eigenvalue weighted by Gasteiger charge is 2.52. The molecule has 1 amide bonds. The van der Waals surface area contributed by atoms with Gasteiger partial charge in [-0.05, 0) is 18.6 Å². The Labute approximate surface area is 92.2 Å². The second kappa shape index (κ2) is 3.55. The molecular weight excluding hydrogens is 218 g/mol. The molecule has 0 saturated carbocycles. The first kappa shape index (κ1) is 9.98. The topological polar surface area (TPSA) is 40.5 Å². The summed E-state index contributed by atoms with van der Waals surface area (Å²) >= 11 is 6.49. The van der Waals surface area contributed by atoms with Crippen LogP contribution in [-0.2, 0) is 4.79 Å². The number of nitrogens with zero attached hydrogens (tertiary/aromatic N) is 1. The van der Waals surface area contributed by atoms with Crippen LogP contribution in [0.3, 0.4) is 0 Å². The summed E-state index contributed by atoms with van der Waals surface area (Å²) in [6.07, 6.45) is 3.16. The number of thiocarbonyl (C=S) groups is 1. The zero-order valence-electron chi connectivity index (χ0n) is 7.55. The molecule has 0 radical (unpaired) electrons. The molecule has 2 fully saturated rings. The molecule has 2 aliphatic rings. The fourth-order valence-corrected chi connectivity index (χ4v) is 3.97. The number of hydrogen-bond acceptors (Lipinski definition) is 3. The first-order valence-electron chi connectivity index (χ1n) is 4.45. The van der Waals surface area contributed by atoms with Gasteiger partial charge in [0, 0.05) is 5.25 Å². The van der Waals surface area contributed by atoms with E-state index in [1.807, 2.05) is 0 Å². The van der Waals surface area contributed by atoms with E-state index >= 15 is 0 Å². The summed E-state index contributed by atoms with van der Waals surface area (Å²) in [7, 11) is 0. The zero-order chi connectivity index (χ0) is 10.3. The van der Waals surface area contributed by atoms with Crippen LogP contribution < -0.4 is 0 Å². The second-order valence-electron chi connectivity index (χ2n) is 3.44. The number of carbonyl (C=O) groups is 1. The van der Waals surface area contributed by atoms with Gasteiger partial charge >= 0.3 is 0 Å². The minimum Gasteiger partial charge on any atom is -0.500 e. The Morgan fingerprint density at radius 1 is 1.86 bits per heavy atom. The molecule has 5 heteroatoms. The Hall–Kier alpha value is -0.550. The van der Waals surface area contributed by atoms with Crippen molar-refractivity contribution in [2.24, 2.45) is 0 Å². The first-order chi connectivity index (χ1) is 6.65. The fourth-order valence-electron chi connectivity index (χ4n) is 1.93. The van der Waals surface area contributed by atoms with Crippen LogP contribution in [-0.4, -0.2) is 37.6 Å². The molecule has 2 aliphatic heterocycles. The van der Waals surface area contributed by atoms with Crippen LogP contribution in [0.4, 0.5) is 0 Å². The molecule has 1 N–H and O–H groups in total. The predicted molar refractivity (Wildman–Crippen MR) is 60.5 cm³/mol. The molecule has 3 nitrogen and oxygen atoms in total. The highest BCUT2D eigenvalue weighted by molar-refractivity contribution is 8.01. The van der Waals surface area contributed by atoms with Crippen molar-refractivity contribution in [3.63, 3.8) is 0 Å². The zero-order valence-corrected chi connectivity index (χ0v) is 9.18. The standard InChI is InChI=1S/C9H11NO2S2/c1-2-3-5-8(9(12)13)10-6(11)4-7(10)14-5/h2,5,7-8H,1,3-4H2,(H,12,13)/t5?,7-,8?/m1/s1. The largest absolute Gasteiger partial charge is 0.500 e. The van der Waals surface area contributed by atoms with E-state index in [9.17, 15) is 9.90 Å². The Morgan fingerprint density at radius 3 is 3.07 bits per heavy atom. The molecule has 2 rings (SSSR count). The van der Waals surface area contributed by atoms with Gasteiger partial charge in [0.25, 0.3) is 0 Å². The first-order valence-corrected chi connectivity index (χ1v) is 5.80. The van der Waals surface area contributed by atoms with Gasteiger partial charge in [0.15, 0.2) is 5.05 Å². The van der Waals surface area contributed by atoms with E-state index < -0.39 is 0 Å². The third-order valence-corrected chi connectivity index (χ3v) is 4.33. The van der Waals surface area contributed by atoms with E-state index in [4.69, 9.17) is 12.2 Å². The number of aliphatic hydroxyl groups excluding tert-OH is 1. The maximum Gasteiger partial charge on any atom is 0.227 e. The number of fused-ring (bicyclic) bond motifs is 1. The van der Waals surface area contributed by atoms with E-state index in [0.717, 1.165) is 6.42 Å². The van der Waals surface area contributed by atoms with Crippen LogP contribution in [0, 0.1) is 0 Å². The van der Waals surface area contributed by atoms with Gasteiger partial charge in [-0.1, -0.05) is 6.08 Å². The van der Waals surface area contributed by atoms with Crippen molar-refractivity contribution < 1.29 is 9.90 Å². The Kier molecular flexibility index (Phi) is 2.53. The summed E-state index contributed by atoms with van der Waals surface area (Å²) in [5.74, 6) is 0.0930. The maximum atomic E-state index is 11.3. The Morgan fingerprint density at radius 2 is 2.57 bits per heavy atom. The van der Waals surface area contributed by atoms with E-state index in [1.165, 1.54) is 0 Å². The number of aliphatic hydroxyl groups is 1. The van der Waals surface area contributed by atoms with Crippen molar-refractivity contribution in [1.82, 2.24) is 4.90 Å². The summed E-state index contributed by atoms with van der Waals surface area (Å²) in [6.45, 7) is 3.67. The highest BCUT2D eigenvalue weighted by Crippen LogP contribution is 2.45. The van der Waals surface area contributed by atoms with Crippen molar-refractivity contribution in [3.8, 4) is 0 Å². The van der Waals surface area contributed by atoms with Crippen LogP contribution in [0.2, 0.25) is 0 Å². The number of carbonyl (C=O) groups excluding carboxylic acids is 1. The monoisotopic (exact) mass is 229 g/mol. The molecule has 0 aromatic carbocycles. The number of allylic oxidation sites excluding steroid dienone is 1. The summed E-state index contributed by atoms with van der Waals surface area (Å²) in [4.78, 5) is 13.0. The van der Waals surface area contributed by atoms with E-state index in [2.05, 4.69) is 6.58 Å². The minimum atomic E-state index is -0.278. The van der Waals surface area contributed by atoms with Crippen molar-refractivity contribution in [2.45, 2.75) is 29.5 Å². The van der Waals surface area contributed by atoms with Crippen LogP contribution >= 0.6 is 24.0 Å². The lowest BCUT2D eigenvalue weighted by Gasteiger charge is -2.36. The van der Waals surface area contributed by atoms with Crippen LogP contribution in [0.5, 0.6) is 0 Å². The van der Waals surface area contributed by atoms with Gasteiger partial charge in [0.05, 0.1) is 11.8 Å². The molecule has 0 bridgehead atoms. The van der Waals surface area contributed by atoms with Gasteiger partial charge < -0.3 is 10.0 Å². The third kappa shape index (κ3) is 1.35. The van der Waals surface area contributed by atoms with Gasteiger partial charge in [-0.2, -0.15) is 0 Å². The summed E-state index contributed by atoms with van der Waals surface area (Å²) in [5, 5.41) is 9.72. The quantitative estimate of drug-likeness (QED) is 0.452. The van der Waals surface area contributed by atoms with Crippen molar-refractivity contribution in [1.29, 1.82) is 0 Å². The average Bonchev–Trinajstić information content (AvgIpc) is 2.39. The lowest BCUT2D eigenvalue weighted by Crippen LogP contribution is -2.54. The average molecular weight is 229 g/mol. The number of β-lactam (4-membered cyclic amide) rings is 1. The molecule has 76 valence electrons. The minimum absolute atomic E-state index is 0.0695. The number of amides is 1. The summed E-state index contributed by atoms with van der Waals surface area (Å²) in [6, 6.07) is -0.278. The van der Waals surface area contributed by atoms with Crippen molar-refractivity contribution in [3.05, 3.63) is 12.7 Å². The Bertz CT molecular complexity index is 305. The van der Waals surface area contributed by atoms with E-state index in [-0.39, 0.29) is 27.6 Å². The third-order valence-electron chi connectivity index (χ3n) is 2.58. The number of hydrogen-bond donors (Lipinski definition) is 1. The Balaban J connectivity index is 2.17. The van der Waals surface area contributed by atoms with Gasteiger partial charge in [0.2, 0.25) is 5.91 Å². The highest BCUT2D eigenvalue weighted by atomic mass is 32.2. The maximum absolute atomic E-state index is 11.3. The molecule has 0 aliphatic carbocycles. The lowest BCUT2D eigenvalue weighted by molar-refractivity contribution is -0.142. The SMILES string of the molecule is C=CCC1S[C@@H]2CC(=O)N2C1C(O)=S. The normalized spacial score (nSPS) is 35.0. The molecule has 0 aromatic rings. The molecule has 2 heterocycles. The predicted octanol–water partition coefficient (Wildman–Crippen LogP) is 1.49. The smallest absolute Gasteiger partial charge is 0.227 e. The summed E-state index contributed by atoms with van der Waals surface area (Å²) < 4.78 is 0. The molecule has 0 spiro atoms.